The quantitative estimate of drug-likeness (QED) is 0.899. The van der Waals surface area contributed by atoms with E-state index in [0.717, 1.165) is 24.0 Å². The molecule has 1 aromatic rings. The molecule has 3 nitrogen and oxygen atoms in total. The summed E-state index contributed by atoms with van der Waals surface area (Å²) in [5.41, 5.74) is 0. The lowest BCUT2D eigenvalue weighted by Crippen LogP contribution is -2.47. The molecule has 1 unspecified atom stereocenters. The van der Waals surface area contributed by atoms with Crippen molar-refractivity contribution in [3.63, 3.8) is 0 Å². The molecule has 2 fully saturated rings. The molecule has 0 bridgehead atoms. The van der Waals surface area contributed by atoms with Crippen molar-refractivity contribution in [3.8, 4) is 0 Å². The number of thiophene rings is 1. The molecule has 1 atom stereocenters. The lowest BCUT2D eigenvalue weighted by molar-refractivity contribution is 0.0928. The Morgan fingerprint density at radius 1 is 1.32 bits per heavy atom. The number of thioether (sulfide) groups is 2. The van der Waals surface area contributed by atoms with E-state index in [2.05, 4.69) is 33.7 Å². The third-order valence-electron chi connectivity index (χ3n) is 4.36. The van der Waals surface area contributed by atoms with Gasteiger partial charge in [-0.15, -0.1) is 11.3 Å². The predicted octanol–water partition coefficient (Wildman–Crippen LogP) is 3.04. The number of nitrogens with zero attached hydrogens (tertiary/aromatic N) is 1. The van der Waals surface area contributed by atoms with E-state index in [4.69, 9.17) is 0 Å². The van der Waals surface area contributed by atoms with Crippen molar-refractivity contribution in [2.45, 2.75) is 18.9 Å². The second-order valence-corrected chi connectivity index (χ2v) is 9.24. The van der Waals surface area contributed by atoms with Crippen LogP contribution >= 0.6 is 34.9 Å². The summed E-state index contributed by atoms with van der Waals surface area (Å²) in [4.78, 5) is 15.6. The van der Waals surface area contributed by atoms with Gasteiger partial charge in [-0.05, 0) is 36.8 Å². The van der Waals surface area contributed by atoms with E-state index in [1.54, 1.807) is 0 Å². The molecule has 0 aliphatic carbocycles. The number of amides is 1. The molecule has 3 rings (SSSR count). The van der Waals surface area contributed by atoms with E-state index in [0.29, 0.717) is 5.92 Å². The van der Waals surface area contributed by atoms with E-state index in [1.165, 1.54) is 53.7 Å². The van der Waals surface area contributed by atoms with Gasteiger partial charge in [0.25, 0.3) is 5.91 Å². The van der Waals surface area contributed by atoms with Crippen LogP contribution in [-0.4, -0.2) is 59.5 Å². The maximum absolute atomic E-state index is 12.1. The summed E-state index contributed by atoms with van der Waals surface area (Å²) in [5, 5.41) is 5.08. The Morgan fingerprint density at radius 2 is 2.14 bits per heavy atom. The summed E-state index contributed by atoms with van der Waals surface area (Å²) in [6.45, 7) is 3.21. The van der Waals surface area contributed by atoms with Gasteiger partial charge in [0.1, 0.15) is 0 Å². The normalized spacial score (nSPS) is 24.8. The third kappa shape index (κ3) is 4.66. The van der Waals surface area contributed by atoms with Crippen LogP contribution in [0.25, 0.3) is 0 Å². The summed E-state index contributed by atoms with van der Waals surface area (Å²) < 4.78 is 0. The predicted molar refractivity (Wildman–Crippen MR) is 99.4 cm³/mol. The molecule has 6 heteroatoms. The Bertz CT molecular complexity index is 458. The molecule has 0 saturated carbocycles. The minimum absolute atomic E-state index is 0.0905. The molecule has 0 radical (unpaired) electrons. The molecule has 22 heavy (non-hydrogen) atoms. The lowest BCUT2D eigenvalue weighted by Gasteiger charge is -2.37. The zero-order valence-corrected chi connectivity index (χ0v) is 15.3. The van der Waals surface area contributed by atoms with Crippen molar-refractivity contribution in [2.75, 3.05) is 42.6 Å². The minimum Gasteiger partial charge on any atom is -0.351 e. The molecule has 0 aromatic carbocycles. The standard InChI is InChI=1S/C16H24N2OS3/c19-16(15-4-2-6-22-15)17-9-13-3-1-5-18(10-13)14-11-20-7-8-21-12-14/h2,4,6,13-14H,1,3,5,7-12H2,(H,17,19). The second-order valence-electron chi connectivity index (χ2n) is 5.99. The monoisotopic (exact) mass is 356 g/mol. The van der Waals surface area contributed by atoms with Gasteiger partial charge in [-0.2, -0.15) is 23.5 Å². The van der Waals surface area contributed by atoms with Gasteiger partial charge in [-0.3, -0.25) is 9.69 Å². The first-order chi connectivity index (χ1) is 10.8. The van der Waals surface area contributed by atoms with Crippen LogP contribution in [0.15, 0.2) is 17.5 Å². The van der Waals surface area contributed by atoms with E-state index < -0.39 is 0 Å². The summed E-state index contributed by atoms with van der Waals surface area (Å²) in [6, 6.07) is 4.56. The first kappa shape index (κ1) is 16.7. The Balaban J connectivity index is 1.47. The fourth-order valence-corrected chi connectivity index (χ4v) is 6.41. The van der Waals surface area contributed by atoms with Crippen molar-refractivity contribution >= 4 is 40.8 Å². The molecule has 3 heterocycles. The Hall–Kier alpha value is -0.170. The smallest absolute Gasteiger partial charge is 0.261 e. The Labute approximate surface area is 145 Å². The SMILES string of the molecule is O=C(NCC1CCCN(C2CSCCSC2)C1)c1cccs1. The molecule has 0 spiro atoms. The topological polar surface area (TPSA) is 32.3 Å². The van der Waals surface area contributed by atoms with Crippen LogP contribution in [0.5, 0.6) is 0 Å². The molecule has 122 valence electrons. The summed E-state index contributed by atoms with van der Waals surface area (Å²) in [7, 11) is 0. The summed E-state index contributed by atoms with van der Waals surface area (Å²) >= 11 is 5.72. The molecule has 1 amide bonds. The lowest BCUT2D eigenvalue weighted by atomic mass is 9.97. The highest BCUT2D eigenvalue weighted by Gasteiger charge is 2.27. The van der Waals surface area contributed by atoms with Crippen molar-refractivity contribution in [3.05, 3.63) is 22.4 Å². The molecule has 1 aromatic heterocycles. The molecule has 2 aliphatic rings. The van der Waals surface area contributed by atoms with Crippen molar-refractivity contribution in [1.82, 2.24) is 10.2 Å². The van der Waals surface area contributed by atoms with Crippen LogP contribution in [0.2, 0.25) is 0 Å². The van der Waals surface area contributed by atoms with Crippen molar-refractivity contribution < 1.29 is 4.79 Å². The number of carbonyl (C=O) groups is 1. The van der Waals surface area contributed by atoms with Crippen LogP contribution in [-0.2, 0) is 0 Å². The minimum atomic E-state index is 0.0905. The van der Waals surface area contributed by atoms with E-state index in [1.807, 2.05) is 17.5 Å². The second kappa shape index (κ2) is 8.62. The zero-order valence-electron chi connectivity index (χ0n) is 12.8. The molecule has 2 saturated heterocycles. The fraction of sp³-hybridized carbons (Fsp3) is 0.688. The van der Waals surface area contributed by atoms with Gasteiger partial charge in [-0.25, -0.2) is 0 Å². The number of carbonyl (C=O) groups excluding carboxylic acids is 1. The van der Waals surface area contributed by atoms with Crippen LogP contribution in [0.4, 0.5) is 0 Å². The molecular formula is C16H24N2OS3. The fourth-order valence-electron chi connectivity index (χ4n) is 3.14. The van der Waals surface area contributed by atoms with Crippen LogP contribution in [0.3, 0.4) is 0 Å². The average molecular weight is 357 g/mol. The van der Waals surface area contributed by atoms with Gasteiger partial charge in [0.2, 0.25) is 0 Å². The molecule has 2 aliphatic heterocycles. The molecular weight excluding hydrogens is 332 g/mol. The summed E-state index contributed by atoms with van der Waals surface area (Å²) in [6.07, 6.45) is 2.51. The number of hydrogen-bond acceptors (Lipinski definition) is 5. The van der Waals surface area contributed by atoms with Gasteiger partial charge >= 0.3 is 0 Å². The average Bonchev–Trinajstić information content (AvgIpc) is 2.95. The first-order valence-electron chi connectivity index (χ1n) is 8.04. The van der Waals surface area contributed by atoms with Crippen LogP contribution in [0.1, 0.15) is 22.5 Å². The Morgan fingerprint density at radius 3 is 2.86 bits per heavy atom. The van der Waals surface area contributed by atoms with Gasteiger partial charge in [-0.1, -0.05) is 6.07 Å². The van der Waals surface area contributed by atoms with Crippen LogP contribution < -0.4 is 5.32 Å². The van der Waals surface area contributed by atoms with Gasteiger partial charge < -0.3 is 5.32 Å². The number of rotatable bonds is 4. The first-order valence-corrected chi connectivity index (χ1v) is 11.2. The maximum Gasteiger partial charge on any atom is 0.261 e. The molecule has 1 N–H and O–H groups in total. The number of nitrogens with one attached hydrogen (secondary N) is 1. The van der Waals surface area contributed by atoms with Crippen molar-refractivity contribution in [1.29, 1.82) is 0 Å². The highest BCUT2D eigenvalue weighted by atomic mass is 32.2. The summed E-state index contributed by atoms with van der Waals surface area (Å²) in [5.74, 6) is 5.86. The van der Waals surface area contributed by atoms with Crippen LogP contribution in [0, 0.1) is 5.92 Å². The Kier molecular flexibility index (Phi) is 6.53. The van der Waals surface area contributed by atoms with E-state index in [-0.39, 0.29) is 5.91 Å². The van der Waals surface area contributed by atoms with Crippen molar-refractivity contribution in [2.24, 2.45) is 5.92 Å². The zero-order chi connectivity index (χ0) is 15.2. The number of likely N-dealkylation sites (tertiary alicyclic amines) is 1. The third-order valence-corrected chi connectivity index (χ3v) is 7.71. The van der Waals surface area contributed by atoms with Gasteiger partial charge in [0, 0.05) is 42.1 Å². The highest BCUT2D eigenvalue weighted by molar-refractivity contribution is 8.03. The van der Waals surface area contributed by atoms with Gasteiger partial charge in [0.05, 0.1) is 4.88 Å². The van der Waals surface area contributed by atoms with E-state index in [9.17, 15) is 4.79 Å². The maximum atomic E-state index is 12.1. The largest absolute Gasteiger partial charge is 0.351 e. The van der Waals surface area contributed by atoms with Gasteiger partial charge in [0.15, 0.2) is 0 Å². The number of piperidine rings is 1. The number of hydrogen-bond donors (Lipinski definition) is 1. The highest BCUT2D eigenvalue weighted by Crippen LogP contribution is 2.25. The van der Waals surface area contributed by atoms with E-state index >= 15 is 0 Å².